The molecule has 1 aromatic carbocycles. The van der Waals surface area contributed by atoms with Crippen LogP contribution in [0.15, 0.2) is 30.6 Å². The summed E-state index contributed by atoms with van der Waals surface area (Å²) in [5.74, 6) is -0.741. The molecule has 4 nitrogen and oxygen atoms in total. The quantitative estimate of drug-likeness (QED) is 0.930. The number of hydrogen-bond donors (Lipinski definition) is 1. The van der Waals surface area contributed by atoms with Gasteiger partial charge in [0.15, 0.2) is 5.69 Å². The molecule has 0 unspecified atom stereocenters. The van der Waals surface area contributed by atoms with Crippen LogP contribution in [0, 0.1) is 0 Å². The first-order valence-corrected chi connectivity index (χ1v) is 6.22. The van der Waals surface area contributed by atoms with E-state index in [4.69, 9.17) is 16.7 Å². The Kier molecular flexibility index (Phi) is 3.81. The molecule has 0 aliphatic rings. The summed E-state index contributed by atoms with van der Waals surface area (Å²) < 4.78 is 0. The molecule has 2 rings (SSSR count). The summed E-state index contributed by atoms with van der Waals surface area (Å²) in [4.78, 5) is 18.6. The van der Waals surface area contributed by atoms with E-state index in [2.05, 4.69) is 23.8 Å². The lowest BCUT2D eigenvalue weighted by Gasteiger charge is -2.09. The molecule has 0 amide bonds. The second-order valence-corrected chi connectivity index (χ2v) is 4.89. The highest BCUT2D eigenvalue weighted by Gasteiger charge is 2.10. The third kappa shape index (κ3) is 2.90. The summed E-state index contributed by atoms with van der Waals surface area (Å²) in [5.41, 5.74) is 2.34. The van der Waals surface area contributed by atoms with Crippen molar-refractivity contribution in [3.05, 3.63) is 46.9 Å². The normalized spacial score (nSPS) is 10.7. The van der Waals surface area contributed by atoms with Crippen molar-refractivity contribution in [2.24, 2.45) is 0 Å². The van der Waals surface area contributed by atoms with Gasteiger partial charge in [0.25, 0.3) is 0 Å². The van der Waals surface area contributed by atoms with Crippen LogP contribution >= 0.6 is 11.6 Å². The standard InChI is InChI=1S/C14H13ClN2O2/c1-8(2)10-4-3-9(5-11(10)15)12-6-13(14(18)19)17-7-16-12/h3-8H,1-2H3,(H,18,19). The molecule has 0 aliphatic carbocycles. The maximum absolute atomic E-state index is 10.9. The molecule has 0 atom stereocenters. The number of carbonyl (C=O) groups is 1. The Morgan fingerprint density at radius 2 is 2.00 bits per heavy atom. The Bertz CT molecular complexity index is 627. The highest BCUT2D eigenvalue weighted by Crippen LogP contribution is 2.28. The van der Waals surface area contributed by atoms with Crippen LogP contribution in [0.3, 0.4) is 0 Å². The highest BCUT2D eigenvalue weighted by molar-refractivity contribution is 6.31. The predicted molar refractivity (Wildman–Crippen MR) is 73.5 cm³/mol. The summed E-state index contributed by atoms with van der Waals surface area (Å²) >= 11 is 6.22. The van der Waals surface area contributed by atoms with Crippen LogP contribution in [0.25, 0.3) is 11.3 Å². The molecule has 5 heteroatoms. The lowest BCUT2D eigenvalue weighted by molar-refractivity contribution is 0.0690. The molecular weight excluding hydrogens is 264 g/mol. The van der Waals surface area contributed by atoms with Crippen LogP contribution in [0.1, 0.15) is 35.8 Å². The van der Waals surface area contributed by atoms with Crippen molar-refractivity contribution < 1.29 is 9.90 Å². The predicted octanol–water partition coefficient (Wildman–Crippen LogP) is 3.62. The fourth-order valence-corrected chi connectivity index (χ4v) is 2.19. The zero-order chi connectivity index (χ0) is 14.0. The third-order valence-electron chi connectivity index (χ3n) is 2.80. The molecular formula is C14H13ClN2O2. The minimum Gasteiger partial charge on any atom is -0.477 e. The van der Waals surface area contributed by atoms with E-state index in [0.29, 0.717) is 16.6 Å². The van der Waals surface area contributed by atoms with Crippen molar-refractivity contribution in [3.63, 3.8) is 0 Å². The summed E-state index contributed by atoms with van der Waals surface area (Å²) in [6.45, 7) is 4.13. The van der Waals surface area contributed by atoms with Gasteiger partial charge in [-0.05, 0) is 23.6 Å². The lowest BCUT2D eigenvalue weighted by atomic mass is 10.0. The van der Waals surface area contributed by atoms with Gasteiger partial charge in [0.2, 0.25) is 0 Å². The molecule has 0 aliphatic heterocycles. The van der Waals surface area contributed by atoms with Crippen LogP contribution in [0.2, 0.25) is 5.02 Å². The molecule has 0 saturated carbocycles. The van der Waals surface area contributed by atoms with Gasteiger partial charge in [-0.2, -0.15) is 0 Å². The van der Waals surface area contributed by atoms with E-state index in [1.54, 1.807) is 6.07 Å². The molecule has 0 radical (unpaired) electrons. The van der Waals surface area contributed by atoms with Crippen LogP contribution < -0.4 is 0 Å². The van der Waals surface area contributed by atoms with Gasteiger partial charge in [0.05, 0.1) is 5.69 Å². The SMILES string of the molecule is CC(C)c1ccc(-c2cc(C(=O)O)ncn2)cc1Cl. The first-order chi connectivity index (χ1) is 8.99. The van der Waals surface area contributed by atoms with Gasteiger partial charge in [-0.1, -0.05) is 37.6 Å². The van der Waals surface area contributed by atoms with Crippen molar-refractivity contribution in [2.75, 3.05) is 0 Å². The number of carboxylic acid groups (broad SMARTS) is 1. The van der Waals surface area contributed by atoms with E-state index in [9.17, 15) is 4.79 Å². The second kappa shape index (κ2) is 5.36. The fraction of sp³-hybridized carbons (Fsp3) is 0.214. The van der Waals surface area contributed by atoms with Gasteiger partial charge in [-0.3, -0.25) is 0 Å². The van der Waals surface area contributed by atoms with E-state index >= 15 is 0 Å². The third-order valence-corrected chi connectivity index (χ3v) is 3.13. The van der Waals surface area contributed by atoms with Crippen molar-refractivity contribution in [2.45, 2.75) is 19.8 Å². The maximum Gasteiger partial charge on any atom is 0.354 e. The van der Waals surface area contributed by atoms with Crippen LogP contribution in [0.5, 0.6) is 0 Å². The number of benzene rings is 1. The summed E-state index contributed by atoms with van der Waals surface area (Å²) in [7, 11) is 0. The number of halogens is 1. The summed E-state index contributed by atoms with van der Waals surface area (Å²) in [6, 6.07) is 7.05. The first kappa shape index (κ1) is 13.5. The van der Waals surface area contributed by atoms with Crippen LogP contribution in [0.4, 0.5) is 0 Å². The zero-order valence-corrected chi connectivity index (χ0v) is 11.3. The van der Waals surface area contributed by atoms with Crippen molar-refractivity contribution in [1.29, 1.82) is 0 Å². The molecule has 2 aromatic rings. The number of hydrogen-bond acceptors (Lipinski definition) is 3. The molecule has 19 heavy (non-hydrogen) atoms. The van der Waals surface area contributed by atoms with Gasteiger partial charge in [-0.15, -0.1) is 0 Å². The monoisotopic (exact) mass is 276 g/mol. The zero-order valence-electron chi connectivity index (χ0n) is 10.6. The lowest BCUT2D eigenvalue weighted by Crippen LogP contribution is -2.01. The van der Waals surface area contributed by atoms with E-state index in [0.717, 1.165) is 11.1 Å². The van der Waals surface area contributed by atoms with Gasteiger partial charge in [0, 0.05) is 10.6 Å². The number of nitrogens with zero attached hydrogens (tertiary/aromatic N) is 2. The second-order valence-electron chi connectivity index (χ2n) is 4.48. The molecule has 0 saturated heterocycles. The molecule has 0 bridgehead atoms. The maximum atomic E-state index is 10.9. The molecule has 1 heterocycles. The van der Waals surface area contributed by atoms with Gasteiger partial charge >= 0.3 is 5.97 Å². The van der Waals surface area contributed by atoms with E-state index in [1.165, 1.54) is 12.4 Å². The van der Waals surface area contributed by atoms with E-state index < -0.39 is 5.97 Å². The number of aromatic carboxylic acids is 1. The Hall–Kier alpha value is -1.94. The number of carboxylic acids is 1. The molecule has 1 N–H and O–H groups in total. The van der Waals surface area contributed by atoms with Gasteiger partial charge in [0.1, 0.15) is 6.33 Å². The minimum atomic E-state index is -1.08. The number of rotatable bonds is 3. The summed E-state index contributed by atoms with van der Waals surface area (Å²) in [6.07, 6.45) is 1.24. The largest absolute Gasteiger partial charge is 0.477 e. The number of aromatic nitrogens is 2. The average molecular weight is 277 g/mol. The smallest absolute Gasteiger partial charge is 0.354 e. The molecule has 0 fully saturated rings. The van der Waals surface area contributed by atoms with Crippen LogP contribution in [-0.4, -0.2) is 21.0 Å². The highest BCUT2D eigenvalue weighted by atomic mass is 35.5. The van der Waals surface area contributed by atoms with Gasteiger partial charge in [-0.25, -0.2) is 14.8 Å². The van der Waals surface area contributed by atoms with Crippen LogP contribution in [-0.2, 0) is 0 Å². The molecule has 1 aromatic heterocycles. The van der Waals surface area contributed by atoms with Crippen molar-refractivity contribution in [1.82, 2.24) is 9.97 Å². The first-order valence-electron chi connectivity index (χ1n) is 5.84. The Morgan fingerprint density at radius 3 is 2.58 bits per heavy atom. The minimum absolute atomic E-state index is 0.0333. The van der Waals surface area contributed by atoms with E-state index in [1.807, 2.05) is 12.1 Å². The topological polar surface area (TPSA) is 63.1 Å². The van der Waals surface area contributed by atoms with Crippen molar-refractivity contribution in [3.8, 4) is 11.3 Å². The van der Waals surface area contributed by atoms with Gasteiger partial charge < -0.3 is 5.11 Å². The summed E-state index contributed by atoms with van der Waals surface area (Å²) in [5, 5.41) is 9.57. The average Bonchev–Trinajstić information content (AvgIpc) is 2.38. The van der Waals surface area contributed by atoms with Crippen molar-refractivity contribution >= 4 is 17.6 Å². The Labute approximate surface area is 116 Å². The van der Waals surface area contributed by atoms with E-state index in [-0.39, 0.29) is 5.69 Å². The fourth-order valence-electron chi connectivity index (χ4n) is 1.79. The molecule has 98 valence electrons. The Balaban J connectivity index is 2.45. The Morgan fingerprint density at radius 1 is 1.26 bits per heavy atom. The molecule has 0 spiro atoms.